The van der Waals surface area contributed by atoms with Gasteiger partial charge in [-0.05, 0) is 43.3 Å². The summed E-state index contributed by atoms with van der Waals surface area (Å²) in [5.74, 6) is -2.05. The summed E-state index contributed by atoms with van der Waals surface area (Å²) in [6.07, 6.45) is 0.770. The molecule has 0 bridgehead atoms. The van der Waals surface area contributed by atoms with Crippen molar-refractivity contribution in [1.29, 1.82) is 0 Å². The van der Waals surface area contributed by atoms with Gasteiger partial charge < -0.3 is 14.8 Å². The highest BCUT2D eigenvalue weighted by molar-refractivity contribution is 5.89. The number of hydrogen-bond donors (Lipinski definition) is 2. The number of aliphatic hydroxyl groups is 1. The number of carbonyl (C=O) groups is 1. The standard InChI is InChI=1S/C21H24F2N2O3/c1-3-9-25(2)14-20(26)19(12-15-10-17(22)13-18(23)11-15)24-28-21(27)16-7-5-4-6-8-16/h3-8,10-11,13,19-20,24,26H,1,9,12,14H2,2H3/t19-,20+/m0/s1. The van der Waals surface area contributed by atoms with Crippen LogP contribution in [-0.4, -0.2) is 48.3 Å². The van der Waals surface area contributed by atoms with E-state index in [2.05, 4.69) is 12.1 Å². The lowest BCUT2D eigenvalue weighted by atomic mass is 10.0. The van der Waals surface area contributed by atoms with Crippen molar-refractivity contribution < 1.29 is 23.5 Å². The van der Waals surface area contributed by atoms with E-state index >= 15 is 0 Å². The summed E-state index contributed by atoms with van der Waals surface area (Å²) < 4.78 is 27.0. The van der Waals surface area contributed by atoms with E-state index in [0.717, 1.165) is 6.07 Å². The van der Waals surface area contributed by atoms with Crippen LogP contribution in [0.4, 0.5) is 8.78 Å². The van der Waals surface area contributed by atoms with Crippen LogP contribution in [0.15, 0.2) is 61.2 Å². The average molecular weight is 390 g/mol. The zero-order chi connectivity index (χ0) is 20.5. The second kappa shape index (κ2) is 10.7. The molecular formula is C21H24F2N2O3. The monoisotopic (exact) mass is 390 g/mol. The summed E-state index contributed by atoms with van der Waals surface area (Å²) in [5, 5.41) is 10.6. The van der Waals surface area contributed by atoms with Gasteiger partial charge in [-0.25, -0.2) is 13.6 Å². The first kappa shape index (κ1) is 21.7. The molecule has 0 saturated carbocycles. The number of hydrogen-bond acceptors (Lipinski definition) is 5. The second-order valence-electron chi connectivity index (χ2n) is 6.54. The highest BCUT2D eigenvalue weighted by atomic mass is 19.1. The summed E-state index contributed by atoms with van der Waals surface area (Å²) in [7, 11) is 1.79. The van der Waals surface area contributed by atoms with E-state index < -0.39 is 29.7 Å². The maximum Gasteiger partial charge on any atom is 0.356 e. The minimum absolute atomic E-state index is 0.0554. The number of carbonyl (C=O) groups excluding carboxylic acids is 1. The third kappa shape index (κ3) is 6.84. The molecule has 0 radical (unpaired) electrons. The minimum atomic E-state index is -0.972. The molecule has 150 valence electrons. The van der Waals surface area contributed by atoms with Gasteiger partial charge in [-0.15, -0.1) is 12.1 Å². The average Bonchev–Trinajstić information content (AvgIpc) is 2.64. The molecule has 0 fully saturated rings. The molecular weight excluding hydrogens is 366 g/mol. The third-order valence-corrected chi connectivity index (χ3v) is 4.09. The molecule has 0 heterocycles. The summed E-state index contributed by atoms with van der Waals surface area (Å²) in [6, 6.07) is 10.7. The van der Waals surface area contributed by atoms with Crippen molar-refractivity contribution in [2.45, 2.75) is 18.6 Å². The van der Waals surface area contributed by atoms with Crippen molar-refractivity contribution in [3.05, 3.63) is 83.9 Å². The lowest BCUT2D eigenvalue weighted by Gasteiger charge is -2.27. The normalized spacial score (nSPS) is 13.2. The molecule has 0 aliphatic heterocycles. The summed E-state index contributed by atoms with van der Waals surface area (Å²) >= 11 is 0. The number of nitrogens with one attached hydrogen (secondary N) is 1. The zero-order valence-corrected chi connectivity index (χ0v) is 15.6. The van der Waals surface area contributed by atoms with Gasteiger partial charge >= 0.3 is 5.97 Å². The molecule has 5 nitrogen and oxygen atoms in total. The Hall–Kier alpha value is -2.61. The number of hydroxylamine groups is 1. The van der Waals surface area contributed by atoms with Crippen LogP contribution in [0.3, 0.4) is 0 Å². The maximum absolute atomic E-state index is 13.5. The van der Waals surface area contributed by atoms with E-state index in [4.69, 9.17) is 4.84 Å². The lowest BCUT2D eigenvalue weighted by Crippen LogP contribution is -2.47. The largest absolute Gasteiger partial charge is 0.390 e. The molecule has 28 heavy (non-hydrogen) atoms. The Morgan fingerprint density at radius 2 is 1.89 bits per heavy atom. The van der Waals surface area contributed by atoms with Gasteiger partial charge in [0.15, 0.2) is 0 Å². The molecule has 2 aromatic rings. The maximum atomic E-state index is 13.5. The molecule has 0 aromatic heterocycles. The second-order valence-corrected chi connectivity index (χ2v) is 6.54. The molecule has 2 aromatic carbocycles. The first-order valence-electron chi connectivity index (χ1n) is 8.83. The number of likely N-dealkylation sites (N-methyl/N-ethyl adjacent to an activating group) is 1. The van der Waals surface area contributed by atoms with E-state index in [1.165, 1.54) is 12.1 Å². The van der Waals surface area contributed by atoms with Gasteiger partial charge in [-0.1, -0.05) is 24.3 Å². The molecule has 0 unspecified atom stereocenters. The van der Waals surface area contributed by atoms with Crippen LogP contribution in [0.1, 0.15) is 15.9 Å². The predicted octanol–water partition coefficient (Wildman–Crippen LogP) is 2.72. The summed E-state index contributed by atoms with van der Waals surface area (Å²) in [5.41, 5.74) is 3.22. The highest BCUT2D eigenvalue weighted by Gasteiger charge is 2.23. The van der Waals surface area contributed by atoms with Crippen molar-refractivity contribution >= 4 is 5.97 Å². The molecule has 0 saturated heterocycles. The van der Waals surface area contributed by atoms with E-state index in [1.807, 2.05) is 4.90 Å². The Bertz CT molecular complexity index is 766. The van der Waals surface area contributed by atoms with E-state index in [1.54, 1.807) is 43.5 Å². The summed E-state index contributed by atoms with van der Waals surface area (Å²) in [6.45, 7) is 4.43. The van der Waals surface area contributed by atoms with Gasteiger partial charge in [-0.2, -0.15) is 0 Å². The Labute approximate surface area is 163 Å². The molecule has 2 atom stereocenters. The van der Waals surface area contributed by atoms with Crippen LogP contribution >= 0.6 is 0 Å². The number of aliphatic hydroxyl groups excluding tert-OH is 1. The Balaban J connectivity index is 2.10. The van der Waals surface area contributed by atoms with Gasteiger partial charge in [0.25, 0.3) is 0 Å². The van der Waals surface area contributed by atoms with Crippen LogP contribution in [0, 0.1) is 11.6 Å². The molecule has 2 rings (SSSR count). The first-order valence-corrected chi connectivity index (χ1v) is 8.83. The van der Waals surface area contributed by atoms with Crippen LogP contribution < -0.4 is 5.48 Å². The predicted molar refractivity (Wildman–Crippen MR) is 103 cm³/mol. The van der Waals surface area contributed by atoms with Gasteiger partial charge in [0.2, 0.25) is 0 Å². The lowest BCUT2D eigenvalue weighted by molar-refractivity contribution is -0.0119. The molecule has 0 aliphatic carbocycles. The quantitative estimate of drug-likeness (QED) is 0.483. The van der Waals surface area contributed by atoms with Crippen LogP contribution in [0.25, 0.3) is 0 Å². The Morgan fingerprint density at radius 3 is 2.50 bits per heavy atom. The number of rotatable bonds is 10. The topological polar surface area (TPSA) is 61.8 Å². The smallest absolute Gasteiger partial charge is 0.356 e. The van der Waals surface area contributed by atoms with Crippen molar-refractivity contribution in [2.24, 2.45) is 0 Å². The minimum Gasteiger partial charge on any atom is -0.390 e. The van der Waals surface area contributed by atoms with E-state index in [-0.39, 0.29) is 13.0 Å². The number of nitrogens with zero attached hydrogens (tertiary/aromatic N) is 1. The number of halogens is 2. The fraction of sp³-hybridized carbons (Fsp3) is 0.286. The van der Waals surface area contributed by atoms with Crippen molar-refractivity contribution in [3.63, 3.8) is 0 Å². The molecule has 0 aliphatic rings. The van der Waals surface area contributed by atoms with Crippen molar-refractivity contribution in [2.75, 3.05) is 20.1 Å². The fourth-order valence-corrected chi connectivity index (χ4v) is 2.74. The Morgan fingerprint density at radius 1 is 1.25 bits per heavy atom. The van der Waals surface area contributed by atoms with E-state index in [0.29, 0.717) is 17.7 Å². The molecule has 2 N–H and O–H groups in total. The van der Waals surface area contributed by atoms with Gasteiger partial charge in [0.1, 0.15) is 11.6 Å². The van der Waals surface area contributed by atoms with E-state index in [9.17, 15) is 18.7 Å². The molecule has 7 heteroatoms. The van der Waals surface area contributed by atoms with Gasteiger partial charge in [0.05, 0.1) is 17.7 Å². The number of benzene rings is 2. The van der Waals surface area contributed by atoms with Crippen LogP contribution in [0.2, 0.25) is 0 Å². The van der Waals surface area contributed by atoms with Crippen molar-refractivity contribution in [3.8, 4) is 0 Å². The fourth-order valence-electron chi connectivity index (χ4n) is 2.74. The zero-order valence-electron chi connectivity index (χ0n) is 15.6. The Kier molecular flexibility index (Phi) is 8.25. The molecule has 0 spiro atoms. The molecule has 0 amide bonds. The SMILES string of the molecule is C=CCN(C)C[C@@H](O)[C@H](Cc1cc(F)cc(F)c1)NOC(=O)c1ccccc1. The third-order valence-electron chi connectivity index (χ3n) is 4.09. The van der Waals surface area contributed by atoms with Crippen LogP contribution in [-0.2, 0) is 11.3 Å². The van der Waals surface area contributed by atoms with Gasteiger partial charge in [0, 0.05) is 19.2 Å². The van der Waals surface area contributed by atoms with Gasteiger partial charge in [-0.3, -0.25) is 0 Å². The highest BCUT2D eigenvalue weighted by Crippen LogP contribution is 2.13. The van der Waals surface area contributed by atoms with Crippen molar-refractivity contribution in [1.82, 2.24) is 10.4 Å². The summed E-state index contributed by atoms with van der Waals surface area (Å²) in [4.78, 5) is 19.1. The van der Waals surface area contributed by atoms with Crippen LogP contribution in [0.5, 0.6) is 0 Å². The first-order chi connectivity index (χ1) is 13.4.